The minimum Gasteiger partial charge on any atom is -0.0664 e. The molecule has 0 radical (unpaired) electrons. The molecular weight excluding hydrogens is 172 g/mol. The van der Waals surface area contributed by atoms with Gasteiger partial charge in [0.2, 0.25) is 0 Å². The Balaban J connectivity index is 2.68. The van der Waals surface area contributed by atoms with Crippen LogP contribution in [0, 0.1) is 0 Å². The van der Waals surface area contributed by atoms with E-state index in [1.807, 2.05) is 0 Å². The Morgan fingerprint density at radius 2 is 1.62 bits per heavy atom. The fraction of sp³-hybridized carbons (Fsp3) is 0.500. The Morgan fingerprint density at radius 1 is 1.08 bits per heavy atom. The van der Waals surface area contributed by atoms with Crippen molar-refractivity contribution in [3.63, 3.8) is 0 Å². The summed E-state index contributed by atoms with van der Waals surface area (Å²) < 4.78 is 0. The summed E-state index contributed by atoms with van der Waals surface area (Å²) in [5.41, 5.74) is 0. The van der Waals surface area contributed by atoms with E-state index in [4.69, 9.17) is 0 Å². The van der Waals surface area contributed by atoms with Crippen molar-refractivity contribution >= 4 is 14.7 Å². The van der Waals surface area contributed by atoms with Gasteiger partial charge >= 0.3 is 0 Å². The zero-order chi connectivity index (χ0) is 9.73. The number of hydrogen-bond acceptors (Lipinski definition) is 0. The van der Waals surface area contributed by atoms with Gasteiger partial charge in [0.25, 0.3) is 0 Å². The highest BCUT2D eigenvalue weighted by Crippen LogP contribution is 2.31. The summed E-state index contributed by atoms with van der Waals surface area (Å²) in [7, 11) is -0.0939. The van der Waals surface area contributed by atoms with Crippen LogP contribution in [-0.4, -0.2) is 9.52 Å². The topological polar surface area (TPSA) is 0 Å². The highest BCUT2D eigenvalue weighted by molar-refractivity contribution is 6.56. The van der Waals surface area contributed by atoms with Crippen LogP contribution in [0.1, 0.15) is 33.6 Å². The molecule has 0 N–H and O–H groups in total. The van der Waals surface area contributed by atoms with E-state index in [1.165, 1.54) is 12.8 Å². The standard InChI is InChI=1S/C12H20Si/c1-4-12(3,5-2)13-11-9-7-6-8-10-11/h6-10H,4-5,13H2,1-3H3. The van der Waals surface area contributed by atoms with Crippen molar-refractivity contribution in [3.8, 4) is 0 Å². The average molecular weight is 192 g/mol. The molecule has 72 valence electrons. The zero-order valence-corrected chi connectivity index (χ0v) is 10.4. The molecule has 1 aromatic rings. The summed E-state index contributed by atoms with van der Waals surface area (Å²) in [5.74, 6) is 0. The fourth-order valence-electron chi connectivity index (χ4n) is 1.59. The second-order valence-electron chi connectivity index (χ2n) is 4.18. The molecule has 0 fully saturated rings. The van der Waals surface area contributed by atoms with Gasteiger partial charge in [-0.25, -0.2) is 0 Å². The molecule has 0 aliphatic carbocycles. The molecule has 0 aromatic heterocycles. The lowest BCUT2D eigenvalue weighted by molar-refractivity contribution is 0.566. The van der Waals surface area contributed by atoms with E-state index in [-0.39, 0.29) is 9.52 Å². The molecule has 0 aliphatic rings. The first kappa shape index (κ1) is 10.5. The Kier molecular flexibility index (Phi) is 3.73. The second kappa shape index (κ2) is 4.61. The van der Waals surface area contributed by atoms with E-state index < -0.39 is 0 Å². The maximum Gasteiger partial charge on any atom is 0.0606 e. The normalized spacial score (nSPS) is 12.5. The molecule has 1 rings (SSSR count). The fourth-order valence-corrected chi connectivity index (χ4v) is 3.58. The summed E-state index contributed by atoms with van der Waals surface area (Å²) in [5, 5.41) is 2.23. The minimum atomic E-state index is -0.0939. The summed E-state index contributed by atoms with van der Waals surface area (Å²) >= 11 is 0. The van der Waals surface area contributed by atoms with Crippen molar-refractivity contribution in [2.24, 2.45) is 0 Å². The largest absolute Gasteiger partial charge is 0.0664 e. The Morgan fingerprint density at radius 3 is 2.08 bits per heavy atom. The highest BCUT2D eigenvalue weighted by atomic mass is 28.2. The van der Waals surface area contributed by atoms with Gasteiger partial charge in [0, 0.05) is 0 Å². The maximum atomic E-state index is 2.44. The van der Waals surface area contributed by atoms with Crippen LogP contribution in [0.25, 0.3) is 0 Å². The molecular formula is C12H20Si. The van der Waals surface area contributed by atoms with Gasteiger partial charge < -0.3 is 0 Å². The average Bonchev–Trinajstić information content (AvgIpc) is 2.19. The van der Waals surface area contributed by atoms with E-state index >= 15 is 0 Å². The third-order valence-corrected chi connectivity index (χ3v) is 5.91. The lowest BCUT2D eigenvalue weighted by Gasteiger charge is -2.25. The molecule has 1 heteroatoms. The van der Waals surface area contributed by atoms with Crippen LogP contribution in [0.4, 0.5) is 0 Å². The van der Waals surface area contributed by atoms with Gasteiger partial charge in [-0.2, -0.15) is 0 Å². The molecule has 0 aliphatic heterocycles. The number of rotatable bonds is 4. The first-order valence-corrected chi connectivity index (χ1v) is 6.65. The lowest BCUT2D eigenvalue weighted by Crippen LogP contribution is -2.26. The Hall–Kier alpha value is -0.563. The number of hydrogen-bond donors (Lipinski definition) is 0. The first-order valence-electron chi connectivity index (χ1n) is 5.24. The third-order valence-electron chi connectivity index (χ3n) is 3.18. The van der Waals surface area contributed by atoms with Gasteiger partial charge in [0.1, 0.15) is 0 Å². The van der Waals surface area contributed by atoms with Gasteiger partial charge in [0.05, 0.1) is 9.52 Å². The second-order valence-corrected chi connectivity index (χ2v) is 7.06. The first-order chi connectivity index (χ1) is 6.20. The quantitative estimate of drug-likeness (QED) is 0.643. The van der Waals surface area contributed by atoms with Crippen LogP contribution in [0.3, 0.4) is 0 Å². The Labute approximate surface area is 84.2 Å². The van der Waals surface area contributed by atoms with Crippen LogP contribution < -0.4 is 5.19 Å². The van der Waals surface area contributed by atoms with Crippen LogP contribution in [-0.2, 0) is 0 Å². The Bertz CT molecular complexity index is 237. The smallest absolute Gasteiger partial charge is 0.0606 e. The van der Waals surface area contributed by atoms with E-state index in [9.17, 15) is 0 Å². The molecule has 0 amide bonds. The van der Waals surface area contributed by atoms with Gasteiger partial charge in [-0.15, -0.1) is 0 Å². The highest BCUT2D eigenvalue weighted by Gasteiger charge is 2.20. The molecule has 0 saturated carbocycles. The molecule has 0 nitrogen and oxygen atoms in total. The predicted molar refractivity (Wildman–Crippen MR) is 63.6 cm³/mol. The van der Waals surface area contributed by atoms with Crippen molar-refractivity contribution in [3.05, 3.63) is 30.3 Å². The molecule has 0 heterocycles. The van der Waals surface area contributed by atoms with Crippen LogP contribution in [0.15, 0.2) is 30.3 Å². The van der Waals surface area contributed by atoms with Crippen molar-refractivity contribution < 1.29 is 0 Å². The van der Waals surface area contributed by atoms with Crippen molar-refractivity contribution in [1.82, 2.24) is 0 Å². The molecule has 0 atom stereocenters. The predicted octanol–water partition coefficient (Wildman–Crippen LogP) is 2.48. The molecule has 1 aromatic carbocycles. The van der Waals surface area contributed by atoms with E-state index in [0.29, 0.717) is 5.04 Å². The van der Waals surface area contributed by atoms with Gasteiger partial charge in [-0.1, -0.05) is 69.1 Å². The zero-order valence-electron chi connectivity index (χ0n) is 9.01. The molecule has 0 spiro atoms. The summed E-state index contributed by atoms with van der Waals surface area (Å²) in [4.78, 5) is 0. The van der Waals surface area contributed by atoms with Crippen LogP contribution in [0.2, 0.25) is 5.04 Å². The van der Waals surface area contributed by atoms with E-state index in [1.54, 1.807) is 5.19 Å². The monoisotopic (exact) mass is 192 g/mol. The maximum absolute atomic E-state index is 2.44. The van der Waals surface area contributed by atoms with Crippen molar-refractivity contribution in [2.75, 3.05) is 0 Å². The minimum absolute atomic E-state index is 0.0939. The lowest BCUT2D eigenvalue weighted by atomic mass is 10.1. The summed E-state index contributed by atoms with van der Waals surface area (Å²) in [6, 6.07) is 11.0. The van der Waals surface area contributed by atoms with Gasteiger partial charge in [-0.3, -0.25) is 0 Å². The van der Waals surface area contributed by atoms with Crippen LogP contribution in [0.5, 0.6) is 0 Å². The van der Waals surface area contributed by atoms with Crippen LogP contribution >= 0.6 is 0 Å². The van der Waals surface area contributed by atoms with Gasteiger partial charge in [0.15, 0.2) is 0 Å². The number of benzene rings is 1. The van der Waals surface area contributed by atoms with E-state index in [2.05, 4.69) is 51.1 Å². The summed E-state index contributed by atoms with van der Waals surface area (Å²) in [6.45, 7) is 7.07. The van der Waals surface area contributed by atoms with Gasteiger partial charge in [-0.05, 0) is 5.04 Å². The third kappa shape index (κ3) is 3.00. The SMILES string of the molecule is CCC(C)(CC)[SiH2]c1ccccc1. The molecule has 0 saturated heterocycles. The van der Waals surface area contributed by atoms with Crippen molar-refractivity contribution in [1.29, 1.82) is 0 Å². The molecule has 0 unspecified atom stereocenters. The summed E-state index contributed by atoms with van der Waals surface area (Å²) in [6.07, 6.45) is 2.65. The molecule has 0 bridgehead atoms. The van der Waals surface area contributed by atoms with E-state index in [0.717, 1.165) is 0 Å². The molecule has 13 heavy (non-hydrogen) atoms. The van der Waals surface area contributed by atoms with Crippen molar-refractivity contribution in [2.45, 2.75) is 38.7 Å².